The van der Waals surface area contributed by atoms with E-state index in [-0.39, 0.29) is 5.97 Å². The highest BCUT2D eigenvalue weighted by Gasteiger charge is 2.22. The van der Waals surface area contributed by atoms with Gasteiger partial charge in [0, 0.05) is 13.0 Å². The smallest absolute Gasteiger partial charge is 0.305 e. The summed E-state index contributed by atoms with van der Waals surface area (Å²) < 4.78 is 4.68. The number of carbonyl (C=O) groups is 1. The Hall–Kier alpha value is -1.39. The first kappa shape index (κ1) is 16.0. The molecule has 0 amide bonds. The molecule has 21 heavy (non-hydrogen) atoms. The molecule has 1 fully saturated rings. The van der Waals surface area contributed by atoms with Crippen LogP contribution in [0.5, 0.6) is 0 Å². The van der Waals surface area contributed by atoms with Gasteiger partial charge in [-0.15, -0.1) is 0 Å². The van der Waals surface area contributed by atoms with Gasteiger partial charge in [-0.2, -0.15) is 0 Å². The van der Waals surface area contributed by atoms with Gasteiger partial charge in [-0.25, -0.2) is 0 Å². The first-order chi connectivity index (χ1) is 10.2. The number of β-amino-alcohol motifs (C(OH)–C–C–N with tert-alkyl or cyclic N) is 1. The van der Waals surface area contributed by atoms with Crippen molar-refractivity contribution in [2.75, 3.05) is 26.7 Å². The molecule has 0 saturated carbocycles. The minimum atomic E-state index is -0.419. The van der Waals surface area contributed by atoms with Crippen LogP contribution < -0.4 is 0 Å². The maximum absolute atomic E-state index is 11.2. The number of methoxy groups -OCH3 is 1. The number of aliphatic hydroxyl groups excluding tert-OH is 1. The lowest BCUT2D eigenvalue weighted by Gasteiger charge is -2.33. The van der Waals surface area contributed by atoms with Crippen LogP contribution in [0.15, 0.2) is 30.3 Å². The second-order valence-electron chi connectivity index (χ2n) is 5.79. The summed E-state index contributed by atoms with van der Waals surface area (Å²) >= 11 is 0. The molecule has 0 aliphatic carbocycles. The van der Waals surface area contributed by atoms with E-state index in [2.05, 4.69) is 9.64 Å². The number of esters is 1. The molecule has 4 heteroatoms. The van der Waals surface area contributed by atoms with Gasteiger partial charge >= 0.3 is 5.97 Å². The number of rotatable bonds is 6. The van der Waals surface area contributed by atoms with Crippen molar-refractivity contribution in [3.63, 3.8) is 0 Å². The lowest BCUT2D eigenvalue weighted by Crippen LogP contribution is -2.36. The van der Waals surface area contributed by atoms with E-state index in [1.165, 1.54) is 7.11 Å². The lowest BCUT2D eigenvalue weighted by atomic mass is 9.92. The zero-order chi connectivity index (χ0) is 15.1. The Morgan fingerprint density at radius 3 is 2.62 bits per heavy atom. The van der Waals surface area contributed by atoms with E-state index in [9.17, 15) is 9.90 Å². The predicted molar refractivity (Wildman–Crippen MR) is 81.8 cm³/mol. The fraction of sp³-hybridized carbons (Fsp3) is 0.588. The predicted octanol–water partition coefficient (Wildman–Crippen LogP) is 2.39. The highest BCUT2D eigenvalue weighted by molar-refractivity contribution is 5.69. The summed E-state index contributed by atoms with van der Waals surface area (Å²) in [4.78, 5) is 13.5. The van der Waals surface area contributed by atoms with Crippen LogP contribution in [-0.2, 0) is 9.53 Å². The molecule has 1 heterocycles. The molecular formula is C17H25NO3. The Balaban J connectivity index is 1.70. The normalized spacial score (nSPS) is 18.4. The highest BCUT2D eigenvalue weighted by Crippen LogP contribution is 2.24. The molecule has 0 spiro atoms. The lowest BCUT2D eigenvalue weighted by molar-refractivity contribution is -0.141. The number of aliphatic hydroxyl groups is 1. The third-order valence-corrected chi connectivity index (χ3v) is 4.31. The van der Waals surface area contributed by atoms with E-state index in [0.29, 0.717) is 18.9 Å². The van der Waals surface area contributed by atoms with Crippen LogP contribution >= 0.6 is 0 Å². The van der Waals surface area contributed by atoms with Crippen molar-refractivity contribution in [1.29, 1.82) is 0 Å². The third-order valence-electron chi connectivity index (χ3n) is 4.31. The Morgan fingerprint density at radius 1 is 1.33 bits per heavy atom. The number of benzene rings is 1. The maximum Gasteiger partial charge on any atom is 0.305 e. The van der Waals surface area contributed by atoms with Crippen molar-refractivity contribution in [3.8, 4) is 0 Å². The number of hydrogen-bond donors (Lipinski definition) is 1. The molecule has 1 aliphatic rings. The van der Waals surface area contributed by atoms with Crippen LogP contribution in [0.25, 0.3) is 0 Å². The molecule has 0 bridgehead atoms. The van der Waals surface area contributed by atoms with E-state index < -0.39 is 6.10 Å². The largest absolute Gasteiger partial charge is 0.469 e. The second-order valence-corrected chi connectivity index (χ2v) is 5.79. The van der Waals surface area contributed by atoms with Crippen LogP contribution in [-0.4, -0.2) is 42.7 Å². The molecule has 116 valence electrons. The molecule has 0 radical (unpaired) electrons. The van der Waals surface area contributed by atoms with E-state index in [1.54, 1.807) is 0 Å². The van der Waals surface area contributed by atoms with Crippen LogP contribution in [0.3, 0.4) is 0 Å². The average molecular weight is 291 g/mol. The summed E-state index contributed by atoms with van der Waals surface area (Å²) in [5, 5.41) is 10.2. The number of carbonyl (C=O) groups excluding carboxylic acids is 1. The number of ether oxygens (including phenoxy) is 1. The Labute approximate surface area is 126 Å². The van der Waals surface area contributed by atoms with Crippen LogP contribution in [0.2, 0.25) is 0 Å². The summed E-state index contributed by atoms with van der Waals surface area (Å²) in [6.45, 7) is 2.68. The maximum atomic E-state index is 11.2. The Morgan fingerprint density at radius 2 is 2.00 bits per heavy atom. The Kier molecular flexibility index (Phi) is 6.21. The average Bonchev–Trinajstić information content (AvgIpc) is 2.54. The summed E-state index contributed by atoms with van der Waals surface area (Å²) in [5.74, 6) is 0.492. The molecule has 2 rings (SSSR count). The summed E-state index contributed by atoms with van der Waals surface area (Å²) in [6, 6.07) is 9.81. The van der Waals surface area contributed by atoms with Crippen molar-refractivity contribution in [1.82, 2.24) is 4.90 Å². The zero-order valence-corrected chi connectivity index (χ0v) is 12.7. The molecular weight excluding hydrogens is 266 g/mol. The van der Waals surface area contributed by atoms with Gasteiger partial charge in [0.05, 0.1) is 13.2 Å². The zero-order valence-electron chi connectivity index (χ0n) is 12.7. The first-order valence-electron chi connectivity index (χ1n) is 7.71. The van der Waals surface area contributed by atoms with Crippen LogP contribution in [0, 0.1) is 5.92 Å². The molecule has 0 aromatic heterocycles. The molecule has 1 saturated heterocycles. The Bertz CT molecular complexity index is 427. The third kappa shape index (κ3) is 5.14. The van der Waals surface area contributed by atoms with E-state index in [1.807, 2.05) is 30.3 Å². The van der Waals surface area contributed by atoms with Gasteiger partial charge in [0.25, 0.3) is 0 Å². The number of piperidine rings is 1. The second kappa shape index (κ2) is 8.15. The van der Waals surface area contributed by atoms with Crippen molar-refractivity contribution in [2.45, 2.75) is 31.8 Å². The monoisotopic (exact) mass is 291 g/mol. The van der Waals surface area contributed by atoms with Gasteiger partial charge in [0.2, 0.25) is 0 Å². The van der Waals surface area contributed by atoms with E-state index in [4.69, 9.17) is 0 Å². The van der Waals surface area contributed by atoms with Gasteiger partial charge in [0.1, 0.15) is 0 Å². The number of nitrogens with zero attached hydrogens (tertiary/aromatic N) is 1. The van der Waals surface area contributed by atoms with Gasteiger partial charge < -0.3 is 14.7 Å². The SMILES string of the molecule is COC(=O)CCC1CCN(CC(O)c2ccccc2)CC1. The van der Waals surface area contributed by atoms with Crippen molar-refractivity contribution in [3.05, 3.63) is 35.9 Å². The summed E-state index contributed by atoms with van der Waals surface area (Å²) in [7, 11) is 1.44. The van der Waals surface area contributed by atoms with Crippen LogP contribution in [0.1, 0.15) is 37.4 Å². The van der Waals surface area contributed by atoms with E-state index >= 15 is 0 Å². The van der Waals surface area contributed by atoms with Crippen molar-refractivity contribution >= 4 is 5.97 Å². The molecule has 1 aromatic rings. The van der Waals surface area contributed by atoms with Gasteiger partial charge in [0.15, 0.2) is 0 Å². The van der Waals surface area contributed by atoms with Crippen LogP contribution in [0.4, 0.5) is 0 Å². The minimum absolute atomic E-state index is 0.114. The molecule has 4 nitrogen and oxygen atoms in total. The minimum Gasteiger partial charge on any atom is -0.469 e. The number of likely N-dealkylation sites (tertiary alicyclic amines) is 1. The molecule has 1 unspecified atom stereocenters. The van der Waals surface area contributed by atoms with Gasteiger partial charge in [-0.1, -0.05) is 30.3 Å². The standard InChI is InChI=1S/C17H25NO3/c1-21-17(20)8-7-14-9-11-18(12-10-14)13-16(19)15-5-3-2-4-6-15/h2-6,14,16,19H,7-13H2,1H3. The number of hydrogen-bond acceptors (Lipinski definition) is 4. The fourth-order valence-corrected chi connectivity index (χ4v) is 2.91. The molecule has 1 aromatic carbocycles. The summed E-state index contributed by atoms with van der Waals surface area (Å²) in [5.41, 5.74) is 0.977. The van der Waals surface area contributed by atoms with E-state index in [0.717, 1.165) is 37.9 Å². The van der Waals surface area contributed by atoms with Crippen molar-refractivity contribution < 1.29 is 14.6 Å². The van der Waals surface area contributed by atoms with Crippen molar-refractivity contribution in [2.24, 2.45) is 5.92 Å². The highest BCUT2D eigenvalue weighted by atomic mass is 16.5. The topological polar surface area (TPSA) is 49.8 Å². The summed E-state index contributed by atoms with van der Waals surface area (Å²) in [6.07, 6.45) is 3.21. The van der Waals surface area contributed by atoms with Gasteiger partial charge in [-0.05, 0) is 43.8 Å². The van der Waals surface area contributed by atoms with Gasteiger partial charge in [-0.3, -0.25) is 4.79 Å². The fourth-order valence-electron chi connectivity index (χ4n) is 2.91. The molecule has 1 N–H and O–H groups in total. The molecule has 1 atom stereocenters. The molecule has 1 aliphatic heterocycles. The quantitative estimate of drug-likeness (QED) is 0.818. The first-order valence-corrected chi connectivity index (χ1v) is 7.71.